The van der Waals surface area contributed by atoms with E-state index in [2.05, 4.69) is 48.6 Å². The van der Waals surface area contributed by atoms with Gasteiger partial charge in [0.15, 0.2) is 0 Å². The number of hydrogen-bond acceptors (Lipinski definition) is 2. The first kappa shape index (κ1) is 17.9. The molecule has 0 aliphatic carbocycles. The molecular weight excluding hydrogens is 320 g/mol. The highest BCUT2D eigenvalue weighted by Crippen LogP contribution is 2.21. The summed E-state index contributed by atoms with van der Waals surface area (Å²) in [5.41, 5.74) is 3.95. The molecule has 2 heterocycles. The molecule has 0 amide bonds. The first-order valence-electron chi connectivity index (χ1n) is 8.96. The molecule has 1 N–H and O–H groups in total. The summed E-state index contributed by atoms with van der Waals surface area (Å²) >= 11 is 0. The van der Waals surface area contributed by atoms with Gasteiger partial charge in [-0.15, -0.1) is 0 Å². The zero-order valence-corrected chi connectivity index (χ0v) is 15.6. The SMILES string of the molecule is CC(C)(C)CC(=O)CCc1ccccc1C#Cc1ccnc2[nH]ccc12. The Bertz CT molecular complexity index is 980. The first-order valence-corrected chi connectivity index (χ1v) is 8.96. The Hall–Kier alpha value is -2.86. The maximum absolute atomic E-state index is 12.2. The van der Waals surface area contributed by atoms with Gasteiger partial charge in [0, 0.05) is 41.7 Å². The van der Waals surface area contributed by atoms with E-state index in [-0.39, 0.29) is 5.41 Å². The number of carbonyl (C=O) groups excluding carboxylic acids is 1. The summed E-state index contributed by atoms with van der Waals surface area (Å²) in [5.74, 6) is 6.85. The van der Waals surface area contributed by atoms with E-state index in [9.17, 15) is 4.79 Å². The lowest BCUT2D eigenvalue weighted by atomic mass is 9.88. The van der Waals surface area contributed by atoms with E-state index in [1.807, 2.05) is 36.5 Å². The van der Waals surface area contributed by atoms with Crippen LogP contribution in [0.15, 0.2) is 48.8 Å². The van der Waals surface area contributed by atoms with Crippen LogP contribution in [0, 0.1) is 17.3 Å². The molecule has 0 saturated carbocycles. The molecule has 0 saturated heterocycles. The van der Waals surface area contributed by atoms with Crippen LogP contribution in [0.2, 0.25) is 0 Å². The molecule has 3 nitrogen and oxygen atoms in total. The largest absolute Gasteiger partial charge is 0.346 e. The smallest absolute Gasteiger partial charge is 0.138 e. The predicted octanol–water partition coefficient (Wildman–Crippen LogP) is 4.90. The molecule has 0 atom stereocenters. The lowest BCUT2D eigenvalue weighted by Crippen LogP contribution is -2.13. The number of pyridine rings is 1. The molecule has 0 aliphatic heterocycles. The number of nitrogens with one attached hydrogen (secondary N) is 1. The van der Waals surface area contributed by atoms with E-state index in [0.717, 1.165) is 34.1 Å². The summed E-state index contributed by atoms with van der Waals surface area (Å²) in [5, 5.41) is 1.03. The summed E-state index contributed by atoms with van der Waals surface area (Å²) in [6.45, 7) is 6.29. The molecule has 3 rings (SSSR count). The van der Waals surface area contributed by atoms with E-state index in [1.54, 1.807) is 6.20 Å². The third kappa shape index (κ3) is 4.61. The van der Waals surface area contributed by atoms with Crippen LogP contribution in [-0.4, -0.2) is 15.8 Å². The Morgan fingerprint density at radius 2 is 1.85 bits per heavy atom. The van der Waals surface area contributed by atoms with Crippen LogP contribution in [0.5, 0.6) is 0 Å². The van der Waals surface area contributed by atoms with Crippen LogP contribution >= 0.6 is 0 Å². The highest BCUT2D eigenvalue weighted by Gasteiger charge is 2.16. The van der Waals surface area contributed by atoms with E-state index in [0.29, 0.717) is 18.6 Å². The number of aromatic amines is 1. The van der Waals surface area contributed by atoms with Crippen molar-refractivity contribution in [2.45, 2.75) is 40.0 Å². The molecule has 3 aromatic rings. The Morgan fingerprint density at radius 3 is 2.65 bits per heavy atom. The van der Waals surface area contributed by atoms with Gasteiger partial charge in [-0.25, -0.2) is 4.98 Å². The van der Waals surface area contributed by atoms with Crippen LogP contribution in [0.1, 0.15) is 50.3 Å². The standard InChI is InChI=1S/C23H24N2O/c1-23(2,3)16-20(26)11-10-18-7-5-4-6-17(18)8-9-19-12-14-24-22-21(19)13-15-25-22/h4-7,12-15H,10-11,16H2,1-3H3,(H,24,25). The molecule has 0 unspecified atom stereocenters. The molecule has 0 aliphatic rings. The monoisotopic (exact) mass is 344 g/mol. The minimum Gasteiger partial charge on any atom is -0.346 e. The maximum atomic E-state index is 12.2. The second kappa shape index (κ2) is 7.58. The van der Waals surface area contributed by atoms with E-state index in [1.165, 1.54) is 0 Å². The lowest BCUT2D eigenvalue weighted by molar-refractivity contribution is -0.120. The minimum absolute atomic E-state index is 0.0414. The minimum atomic E-state index is 0.0414. The molecule has 0 bridgehead atoms. The predicted molar refractivity (Wildman–Crippen MR) is 106 cm³/mol. The second-order valence-corrected chi connectivity index (χ2v) is 7.78. The van der Waals surface area contributed by atoms with E-state index >= 15 is 0 Å². The van der Waals surface area contributed by atoms with Crippen molar-refractivity contribution in [3.63, 3.8) is 0 Å². The molecular formula is C23H24N2O. The first-order chi connectivity index (χ1) is 12.4. The zero-order valence-electron chi connectivity index (χ0n) is 15.6. The Kier molecular flexibility index (Phi) is 5.23. The van der Waals surface area contributed by atoms with Gasteiger partial charge in [-0.05, 0) is 35.6 Å². The number of aromatic nitrogens is 2. The van der Waals surface area contributed by atoms with Crippen molar-refractivity contribution in [2.75, 3.05) is 0 Å². The van der Waals surface area contributed by atoms with E-state index < -0.39 is 0 Å². The van der Waals surface area contributed by atoms with Crippen LogP contribution in [-0.2, 0) is 11.2 Å². The van der Waals surface area contributed by atoms with E-state index in [4.69, 9.17) is 0 Å². The number of Topliss-reactive ketones (excluding diaryl/α,β-unsaturated/α-hetero) is 1. The maximum Gasteiger partial charge on any atom is 0.138 e. The third-order valence-corrected chi connectivity index (χ3v) is 4.21. The van der Waals surface area contributed by atoms with Crippen molar-refractivity contribution in [3.8, 4) is 11.8 Å². The number of ketones is 1. The van der Waals surface area contributed by atoms with Gasteiger partial charge in [0.05, 0.1) is 0 Å². The fourth-order valence-corrected chi connectivity index (χ4v) is 3.02. The molecule has 3 heteroatoms. The fourth-order valence-electron chi connectivity index (χ4n) is 3.02. The Labute approximate surface area is 154 Å². The lowest BCUT2D eigenvalue weighted by Gasteiger charge is -2.16. The third-order valence-electron chi connectivity index (χ3n) is 4.21. The van der Waals surface area contributed by atoms with Crippen LogP contribution in [0.25, 0.3) is 11.0 Å². The van der Waals surface area contributed by atoms with Gasteiger partial charge in [0.25, 0.3) is 0 Å². The summed E-state index contributed by atoms with van der Waals surface area (Å²) in [7, 11) is 0. The van der Waals surface area contributed by atoms with Gasteiger partial charge in [-0.2, -0.15) is 0 Å². The van der Waals surface area contributed by atoms with Crippen molar-refractivity contribution >= 4 is 16.8 Å². The summed E-state index contributed by atoms with van der Waals surface area (Å²) in [6.07, 6.45) is 5.55. The van der Waals surface area contributed by atoms with Gasteiger partial charge < -0.3 is 4.98 Å². The number of nitrogens with zero attached hydrogens (tertiary/aromatic N) is 1. The Balaban J connectivity index is 1.78. The highest BCUT2D eigenvalue weighted by atomic mass is 16.1. The molecule has 2 aromatic heterocycles. The molecule has 1 aromatic carbocycles. The Morgan fingerprint density at radius 1 is 1.08 bits per heavy atom. The van der Waals surface area contributed by atoms with Crippen LogP contribution in [0.4, 0.5) is 0 Å². The molecule has 0 fully saturated rings. The molecule has 0 spiro atoms. The number of hydrogen-bond donors (Lipinski definition) is 1. The molecule has 0 radical (unpaired) electrons. The van der Waals surface area contributed by atoms with Gasteiger partial charge >= 0.3 is 0 Å². The quantitative estimate of drug-likeness (QED) is 0.684. The number of H-pyrrole nitrogens is 1. The van der Waals surface area contributed by atoms with Crippen molar-refractivity contribution in [3.05, 3.63) is 65.5 Å². The van der Waals surface area contributed by atoms with Crippen LogP contribution < -0.4 is 0 Å². The van der Waals surface area contributed by atoms with Gasteiger partial charge in [0.2, 0.25) is 0 Å². The number of aryl methyl sites for hydroxylation is 1. The number of fused-ring (bicyclic) bond motifs is 1. The van der Waals surface area contributed by atoms with Crippen LogP contribution in [0.3, 0.4) is 0 Å². The van der Waals surface area contributed by atoms with Crippen molar-refractivity contribution in [2.24, 2.45) is 5.41 Å². The average molecular weight is 344 g/mol. The second-order valence-electron chi connectivity index (χ2n) is 7.78. The number of benzene rings is 1. The van der Waals surface area contributed by atoms with Crippen molar-refractivity contribution in [1.29, 1.82) is 0 Å². The van der Waals surface area contributed by atoms with Gasteiger partial charge in [0.1, 0.15) is 11.4 Å². The van der Waals surface area contributed by atoms with Crippen molar-refractivity contribution in [1.82, 2.24) is 9.97 Å². The topological polar surface area (TPSA) is 45.8 Å². The molecule has 132 valence electrons. The highest BCUT2D eigenvalue weighted by molar-refractivity contribution is 5.82. The number of rotatable bonds is 4. The molecule has 26 heavy (non-hydrogen) atoms. The number of carbonyl (C=O) groups is 1. The average Bonchev–Trinajstić information content (AvgIpc) is 3.06. The fraction of sp³-hybridized carbons (Fsp3) is 0.304. The van der Waals surface area contributed by atoms with Gasteiger partial charge in [-0.1, -0.05) is 50.8 Å². The van der Waals surface area contributed by atoms with Gasteiger partial charge in [-0.3, -0.25) is 4.79 Å². The summed E-state index contributed by atoms with van der Waals surface area (Å²) in [6, 6.07) is 12.0. The zero-order chi connectivity index (χ0) is 18.6. The summed E-state index contributed by atoms with van der Waals surface area (Å²) < 4.78 is 0. The van der Waals surface area contributed by atoms with Crippen molar-refractivity contribution < 1.29 is 4.79 Å². The normalized spacial score (nSPS) is 11.2. The summed E-state index contributed by atoms with van der Waals surface area (Å²) in [4.78, 5) is 19.6.